The molecule has 2 aliphatic heterocycles. The minimum Gasteiger partial charge on any atom is -0.493 e. The van der Waals surface area contributed by atoms with Gasteiger partial charge in [0.25, 0.3) is 0 Å². The van der Waals surface area contributed by atoms with E-state index in [2.05, 4.69) is 41.4 Å². The summed E-state index contributed by atoms with van der Waals surface area (Å²) in [6.07, 6.45) is 0. The fourth-order valence-corrected chi connectivity index (χ4v) is 2.73. The van der Waals surface area contributed by atoms with Gasteiger partial charge >= 0.3 is 0 Å². The largest absolute Gasteiger partial charge is 0.493 e. The highest BCUT2D eigenvalue weighted by molar-refractivity contribution is 5.39. The van der Waals surface area contributed by atoms with E-state index in [1.165, 1.54) is 5.56 Å². The Bertz CT molecular complexity index is 390. The van der Waals surface area contributed by atoms with E-state index in [1.54, 1.807) is 0 Å². The molecular weight excluding hydrogens is 212 g/mol. The predicted molar refractivity (Wildman–Crippen MR) is 68.6 cm³/mol. The summed E-state index contributed by atoms with van der Waals surface area (Å²) in [5, 5.41) is 3.35. The van der Waals surface area contributed by atoms with Crippen LogP contribution in [-0.2, 0) is 0 Å². The first-order valence-corrected chi connectivity index (χ1v) is 6.55. The number of benzene rings is 1. The van der Waals surface area contributed by atoms with E-state index in [-0.39, 0.29) is 0 Å². The third kappa shape index (κ3) is 2.05. The summed E-state index contributed by atoms with van der Waals surface area (Å²) in [5.74, 6) is 1.63. The molecule has 1 unspecified atom stereocenters. The number of hydrogen-bond acceptors (Lipinski definition) is 3. The average molecular weight is 232 g/mol. The van der Waals surface area contributed by atoms with Crippen LogP contribution in [0.5, 0.6) is 5.75 Å². The lowest BCUT2D eigenvalue weighted by Gasteiger charge is -2.38. The summed E-state index contributed by atoms with van der Waals surface area (Å²) in [6.45, 7) is 7.63. The van der Waals surface area contributed by atoms with Gasteiger partial charge in [-0.1, -0.05) is 25.1 Å². The minimum absolute atomic E-state index is 0.548. The van der Waals surface area contributed by atoms with Gasteiger partial charge in [0.1, 0.15) is 5.75 Å². The summed E-state index contributed by atoms with van der Waals surface area (Å²) < 4.78 is 5.75. The van der Waals surface area contributed by atoms with Gasteiger partial charge in [0.2, 0.25) is 0 Å². The first kappa shape index (κ1) is 11.1. The Morgan fingerprint density at radius 3 is 2.88 bits per heavy atom. The van der Waals surface area contributed by atoms with Gasteiger partial charge in [-0.3, -0.25) is 4.90 Å². The molecule has 0 aliphatic carbocycles. The molecule has 1 fully saturated rings. The highest BCUT2D eigenvalue weighted by Crippen LogP contribution is 2.34. The van der Waals surface area contributed by atoms with E-state index in [0.717, 1.165) is 44.6 Å². The lowest BCUT2D eigenvalue weighted by molar-refractivity contribution is 0.138. The Kier molecular flexibility index (Phi) is 3.04. The number of fused-ring (bicyclic) bond motifs is 1. The molecule has 1 aromatic carbocycles. The van der Waals surface area contributed by atoms with E-state index in [9.17, 15) is 0 Å². The monoisotopic (exact) mass is 232 g/mol. The second-order valence-corrected chi connectivity index (χ2v) is 4.95. The van der Waals surface area contributed by atoms with E-state index in [4.69, 9.17) is 4.74 Å². The molecular formula is C14H20N2O. The quantitative estimate of drug-likeness (QED) is 0.850. The zero-order valence-electron chi connectivity index (χ0n) is 10.4. The number of hydrogen-bond donors (Lipinski definition) is 1. The molecule has 3 nitrogen and oxygen atoms in total. The summed E-state index contributed by atoms with van der Waals surface area (Å²) in [4.78, 5) is 2.58. The van der Waals surface area contributed by atoms with E-state index in [0.29, 0.717) is 5.92 Å². The molecule has 2 heterocycles. The van der Waals surface area contributed by atoms with Crippen LogP contribution in [-0.4, -0.2) is 43.7 Å². The van der Waals surface area contributed by atoms with Gasteiger partial charge in [-0.25, -0.2) is 0 Å². The van der Waals surface area contributed by atoms with Crippen molar-refractivity contribution in [2.45, 2.75) is 18.9 Å². The van der Waals surface area contributed by atoms with Crippen LogP contribution in [0, 0.1) is 0 Å². The lowest BCUT2D eigenvalue weighted by atomic mass is 9.99. The van der Waals surface area contributed by atoms with E-state index < -0.39 is 0 Å². The van der Waals surface area contributed by atoms with Gasteiger partial charge in [0.15, 0.2) is 0 Å². The predicted octanol–water partition coefficient (Wildman–Crippen LogP) is 1.46. The third-order valence-electron chi connectivity index (χ3n) is 3.94. The number of rotatable bonds is 4. The maximum atomic E-state index is 5.75. The molecule has 92 valence electrons. The van der Waals surface area contributed by atoms with Crippen molar-refractivity contribution in [2.75, 3.05) is 32.8 Å². The molecule has 3 rings (SSSR count). The number of nitrogens with one attached hydrogen (secondary N) is 1. The molecule has 0 aromatic heterocycles. The van der Waals surface area contributed by atoms with Crippen molar-refractivity contribution in [2.24, 2.45) is 0 Å². The average Bonchev–Trinajstić information content (AvgIpc) is 2.69. The molecule has 0 saturated carbocycles. The third-order valence-corrected chi connectivity index (χ3v) is 3.94. The fourth-order valence-electron chi connectivity index (χ4n) is 2.73. The van der Waals surface area contributed by atoms with Gasteiger partial charge in [0, 0.05) is 37.2 Å². The van der Waals surface area contributed by atoms with Crippen molar-refractivity contribution in [3.05, 3.63) is 29.8 Å². The molecule has 2 aliphatic rings. The Labute approximate surface area is 103 Å². The molecule has 3 heteroatoms. The minimum atomic E-state index is 0.548. The van der Waals surface area contributed by atoms with E-state index >= 15 is 0 Å². The van der Waals surface area contributed by atoms with Crippen LogP contribution in [0.2, 0.25) is 0 Å². The highest BCUT2D eigenvalue weighted by Gasteiger charge is 2.30. The van der Waals surface area contributed by atoms with Crippen molar-refractivity contribution in [3.8, 4) is 5.75 Å². The molecule has 1 atom stereocenters. The molecule has 1 N–H and O–H groups in total. The Balaban J connectivity index is 1.69. The van der Waals surface area contributed by atoms with Gasteiger partial charge in [-0.05, 0) is 12.6 Å². The second-order valence-electron chi connectivity index (χ2n) is 4.95. The number of para-hydroxylation sites is 1. The van der Waals surface area contributed by atoms with Crippen molar-refractivity contribution < 1.29 is 4.74 Å². The lowest BCUT2D eigenvalue weighted by Crippen LogP contribution is -2.57. The van der Waals surface area contributed by atoms with Gasteiger partial charge < -0.3 is 10.1 Å². The maximum Gasteiger partial charge on any atom is 0.122 e. The highest BCUT2D eigenvalue weighted by atomic mass is 16.5. The van der Waals surface area contributed by atoms with Crippen LogP contribution in [0.1, 0.15) is 18.4 Å². The van der Waals surface area contributed by atoms with Gasteiger partial charge in [-0.15, -0.1) is 0 Å². The van der Waals surface area contributed by atoms with Crippen LogP contribution in [0.25, 0.3) is 0 Å². The van der Waals surface area contributed by atoms with Crippen molar-refractivity contribution in [1.29, 1.82) is 0 Å². The molecule has 0 amide bonds. The normalized spacial score (nSPS) is 23.3. The number of ether oxygens (including phenoxy) is 1. The summed E-state index contributed by atoms with van der Waals surface area (Å²) in [6, 6.07) is 9.18. The first-order chi connectivity index (χ1) is 8.38. The smallest absolute Gasteiger partial charge is 0.122 e. The molecule has 17 heavy (non-hydrogen) atoms. The molecule has 0 radical (unpaired) electrons. The molecule has 1 aromatic rings. The Morgan fingerprint density at radius 1 is 1.35 bits per heavy atom. The molecule has 1 saturated heterocycles. The first-order valence-electron chi connectivity index (χ1n) is 6.55. The standard InChI is InChI=1S/C14H20N2O/c1-2-16(12-7-15-8-12)9-11-10-17-14-6-4-3-5-13(11)14/h3-6,11-12,15H,2,7-10H2,1H3. The van der Waals surface area contributed by atoms with Crippen LogP contribution in [0.3, 0.4) is 0 Å². The fraction of sp³-hybridized carbons (Fsp3) is 0.571. The zero-order chi connectivity index (χ0) is 11.7. The van der Waals surface area contributed by atoms with Crippen molar-refractivity contribution in [3.63, 3.8) is 0 Å². The van der Waals surface area contributed by atoms with Crippen LogP contribution in [0.4, 0.5) is 0 Å². The van der Waals surface area contributed by atoms with Crippen molar-refractivity contribution in [1.82, 2.24) is 10.2 Å². The summed E-state index contributed by atoms with van der Waals surface area (Å²) >= 11 is 0. The number of nitrogens with zero attached hydrogens (tertiary/aromatic N) is 1. The molecule has 0 spiro atoms. The van der Waals surface area contributed by atoms with Crippen LogP contribution >= 0.6 is 0 Å². The van der Waals surface area contributed by atoms with Crippen LogP contribution in [0.15, 0.2) is 24.3 Å². The van der Waals surface area contributed by atoms with E-state index in [1.807, 2.05) is 0 Å². The maximum absolute atomic E-state index is 5.75. The Hall–Kier alpha value is -1.06. The van der Waals surface area contributed by atoms with Gasteiger partial charge in [-0.2, -0.15) is 0 Å². The van der Waals surface area contributed by atoms with Crippen LogP contribution < -0.4 is 10.1 Å². The summed E-state index contributed by atoms with van der Waals surface area (Å²) in [5.41, 5.74) is 1.39. The van der Waals surface area contributed by atoms with Crippen molar-refractivity contribution >= 4 is 0 Å². The second kappa shape index (κ2) is 4.67. The number of likely N-dealkylation sites (N-methyl/N-ethyl adjacent to an activating group) is 1. The van der Waals surface area contributed by atoms with Gasteiger partial charge in [0.05, 0.1) is 6.61 Å². The zero-order valence-corrected chi connectivity index (χ0v) is 10.4. The molecule has 0 bridgehead atoms. The summed E-state index contributed by atoms with van der Waals surface area (Å²) in [7, 11) is 0. The topological polar surface area (TPSA) is 24.5 Å². The Morgan fingerprint density at radius 2 is 2.18 bits per heavy atom. The SMILES string of the molecule is CCN(CC1COc2ccccc21)C1CNC1.